The Hall–Kier alpha value is -5.30. The Morgan fingerprint density at radius 3 is 2.64 bits per heavy atom. The molecular formula is C37H30ClFN4O4. The first-order valence-electron chi connectivity index (χ1n) is 15.1. The third kappa shape index (κ3) is 7.41. The monoisotopic (exact) mass is 648 g/mol. The van der Waals surface area contributed by atoms with Gasteiger partial charge in [-0.05, 0) is 65.8 Å². The summed E-state index contributed by atoms with van der Waals surface area (Å²) >= 11 is 6.79. The Kier molecular flexibility index (Phi) is 9.72. The molecule has 1 aliphatic carbocycles. The van der Waals surface area contributed by atoms with Gasteiger partial charge in [-0.2, -0.15) is 5.26 Å². The molecule has 2 atom stereocenters. The van der Waals surface area contributed by atoms with E-state index in [1.165, 1.54) is 12.3 Å². The summed E-state index contributed by atoms with van der Waals surface area (Å²) in [6.45, 7) is 0.244. The maximum atomic E-state index is 14.7. The molecule has 8 nitrogen and oxygen atoms in total. The van der Waals surface area contributed by atoms with Crippen LogP contribution in [0.1, 0.15) is 45.9 Å². The molecular weight excluding hydrogens is 619 g/mol. The van der Waals surface area contributed by atoms with Crippen LogP contribution < -0.4 is 14.8 Å². The fraction of sp³-hybridized carbons (Fsp3) is 0.189. The second-order valence-electron chi connectivity index (χ2n) is 11.2. The minimum absolute atomic E-state index is 0.104. The van der Waals surface area contributed by atoms with Crippen molar-refractivity contribution in [1.82, 2.24) is 15.3 Å². The highest BCUT2D eigenvalue weighted by Gasteiger charge is 2.28. The van der Waals surface area contributed by atoms with Crippen molar-refractivity contribution < 1.29 is 23.8 Å². The molecule has 1 unspecified atom stereocenters. The van der Waals surface area contributed by atoms with Gasteiger partial charge in [-0.25, -0.2) is 4.39 Å². The van der Waals surface area contributed by atoms with Gasteiger partial charge in [0.15, 0.2) is 0 Å². The molecule has 2 N–H and O–H groups in total. The number of aromatic nitrogens is 2. The summed E-state index contributed by atoms with van der Waals surface area (Å²) in [5.41, 5.74) is 5.89. The van der Waals surface area contributed by atoms with Crippen molar-refractivity contribution in [2.75, 3.05) is 0 Å². The van der Waals surface area contributed by atoms with Gasteiger partial charge in [-0.15, -0.1) is 0 Å². The van der Waals surface area contributed by atoms with Crippen molar-refractivity contribution in [3.8, 4) is 28.7 Å². The number of rotatable bonds is 12. The zero-order chi connectivity index (χ0) is 32.8. The summed E-state index contributed by atoms with van der Waals surface area (Å²) in [7, 11) is 0. The third-order valence-electron chi connectivity index (χ3n) is 8.08. The van der Waals surface area contributed by atoms with Crippen molar-refractivity contribution in [2.45, 2.75) is 44.6 Å². The lowest BCUT2D eigenvalue weighted by Crippen LogP contribution is -2.38. The fourth-order valence-electron chi connectivity index (χ4n) is 5.79. The Morgan fingerprint density at radius 1 is 1.02 bits per heavy atom. The van der Waals surface area contributed by atoms with Gasteiger partial charge >= 0.3 is 5.97 Å². The Labute approximate surface area is 276 Å². The Bertz CT molecular complexity index is 1950. The van der Waals surface area contributed by atoms with Gasteiger partial charge in [0, 0.05) is 54.1 Å². The van der Waals surface area contributed by atoms with Crippen LogP contribution in [0.5, 0.6) is 11.5 Å². The second-order valence-corrected chi connectivity index (χ2v) is 11.6. The van der Waals surface area contributed by atoms with Crippen molar-refractivity contribution in [1.29, 1.82) is 5.26 Å². The smallest absolute Gasteiger partial charge is 0.321 e. The van der Waals surface area contributed by atoms with Crippen molar-refractivity contribution in [2.24, 2.45) is 0 Å². The highest BCUT2D eigenvalue weighted by Crippen LogP contribution is 2.43. The molecule has 0 radical (unpaired) electrons. The molecule has 0 saturated carbocycles. The molecule has 0 fully saturated rings. The molecule has 10 heteroatoms. The summed E-state index contributed by atoms with van der Waals surface area (Å²) in [4.78, 5) is 20.3. The van der Waals surface area contributed by atoms with Crippen LogP contribution in [-0.4, -0.2) is 27.1 Å². The molecule has 6 rings (SSSR count). The van der Waals surface area contributed by atoms with Crippen LogP contribution in [0.2, 0.25) is 5.02 Å². The molecule has 3 aromatic carbocycles. The van der Waals surface area contributed by atoms with E-state index < -0.39 is 12.0 Å². The van der Waals surface area contributed by atoms with Gasteiger partial charge in [0.25, 0.3) is 0 Å². The van der Waals surface area contributed by atoms with Gasteiger partial charge in [0.1, 0.15) is 42.1 Å². The maximum Gasteiger partial charge on any atom is 0.321 e. The number of nitrogens with one attached hydrogen (secondary N) is 1. The largest absolute Gasteiger partial charge is 0.488 e. The zero-order valence-electron chi connectivity index (χ0n) is 25.2. The van der Waals surface area contributed by atoms with E-state index in [0.717, 1.165) is 22.3 Å². The quantitative estimate of drug-likeness (QED) is 0.145. The normalized spacial score (nSPS) is 14.2. The molecule has 2 heterocycles. The predicted octanol–water partition coefficient (Wildman–Crippen LogP) is 7.24. The number of nitrogens with zero attached hydrogens (tertiary/aromatic N) is 3. The average molecular weight is 649 g/mol. The molecule has 0 aliphatic heterocycles. The summed E-state index contributed by atoms with van der Waals surface area (Å²) in [6.07, 6.45) is 7.66. The Morgan fingerprint density at radius 2 is 1.85 bits per heavy atom. The third-order valence-corrected chi connectivity index (χ3v) is 8.38. The van der Waals surface area contributed by atoms with Crippen LogP contribution >= 0.6 is 11.6 Å². The summed E-state index contributed by atoms with van der Waals surface area (Å²) in [6, 6.07) is 22.4. The molecule has 0 spiro atoms. The summed E-state index contributed by atoms with van der Waals surface area (Å²) < 4.78 is 27.4. The number of benzene rings is 3. The van der Waals surface area contributed by atoms with E-state index in [9.17, 15) is 19.6 Å². The minimum atomic E-state index is -1.00. The lowest BCUT2D eigenvalue weighted by Gasteiger charge is -2.21. The van der Waals surface area contributed by atoms with E-state index in [4.69, 9.17) is 21.1 Å². The van der Waals surface area contributed by atoms with Gasteiger partial charge in [-0.3, -0.25) is 20.1 Å². The fourth-order valence-corrected chi connectivity index (χ4v) is 6.02. The number of pyridine rings is 2. The molecule has 1 aliphatic rings. The standard InChI is InChI=1S/C37H30ClFN4O4/c38-31-15-26(21-43-33(37(44)45)14-23-5-4-12-41-18-23)35(46-22-25-13-24(17-40)19-42-20-25)16-36(31)47-34-11-10-28-27(7-3-8-30(28)34)29-6-1-2-9-32(29)39/h1-9,12-13,15-16,18-20,33-34,43H,10-11,14,21-22H2,(H,44,45)/t33?,34-/m0/s1. The van der Waals surface area contributed by atoms with Gasteiger partial charge in [0.2, 0.25) is 0 Å². The van der Waals surface area contributed by atoms with E-state index in [1.807, 2.05) is 30.3 Å². The molecule has 0 saturated heterocycles. The van der Waals surface area contributed by atoms with Crippen LogP contribution in [-0.2, 0) is 30.8 Å². The maximum absolute atomic E-state index is 14.7. The average Bonchev–Trinajstić information content (AvgIpc) is 3.50. The highest BCUT2D eigenvalue weighted by atomic mass is 35.5. The topological polar surface area (TPSA) is 117 Å². The van der Waals surface area contributed by atoms with Crippen LogP contribution in [0.4, 0.5) is 4.39 Å². The van der Waals surface area contributed by atoms with Crippen LogP contribution in [0.3, 0.4) is 0 Å². The van der Waals surface area contributed by atoms with Crippen LogP contribution in [0, 0.1) is 17.1 Å². The number of fused-ring (bicyclic) bond motifs is 1. The number of hydrogen-bond acceptors (Lipinski definition) is 7. The number of carboxylic acids is 1. The zero-order valence-corrected chi connectivity index (χ0v) is 26.0. The van der Waals surface area contributed by atoms with Gasteiger partial charge in [-0.1, -0.05) is 54.1 Å². The minimum Gasteiger partial charge on any atom is -0.488 e. The van der Waals surface area contributed by atoms with Crippen molar-refractivity contribution in [3.05, 3.63) is 142 Å². The molecule has 0 bridgehead atoms. The van der Waals surface area contributed by atoms with E-state index in [0.29, 0.717) is 51.6 Å². The van der Waals surface area contributed by atoms with E-state index in [1.54, 1.807) is 55.0 Å². The lowest BCUT2D eigenvalue weighted by atomic mass is 9.96. The predicted molar refractivity (Wildman–Crippen MR) is 174 cm³/mol. The SMILES string of the molecule is N#Cc1cncc(COc2cc(O[C@H]3CCc4c(-c5ccccc5F)cccc43)c(Cl)cc2CNC(Cc2cccnc2)C(=O)O)c1. The first-order chi connectivity index (χ1) is 22.9. The van der Waals surface area contributed by atoms with E-state index >= 15 is 0 Å². The number of aliphatic carboxylic acids is 1. The van der Waals surface area contributed by atoms with Crippen molar-refractivity contribution >= 4 is 17.6 Å². The van der Waals surface area contributed by atoms with Gasteiger partial charge in [0.05, 0.1) is 10.6 Å². The molecule has 5 aromatic rings. The molecule has 2 aromatic heterocycles. The highest BCUT2D eigenvalue weighted by molar-refractivity contribution is 6.32. The number of carbonyl (C=O) groups is 1. The summed E-state index contributed by atoms with van der Waals surface area (Å²) in [5, 5.41) is 22.6. The Balaban J connectivity index is 1.27. The number of halogens is 2. The summed E-state index contributed by atoms with van der Waals surface area (Å²) in [5.74, 6) is -0.450. The number of hydrogen-bond donors (Lipinski definition) is 2. The number of ether oxygens (including phenoxy) is 2. The molecule has 47 heavy (non-hydrogen) atoms. The first kappa shape index (κ1) is 31.7. The van der Waals surface area contributed by atoms with Gasteiger partial charge < -0.3 is 14.6 Å². The van der Waals surface area contributed by atoms with Crippen molar-refractivity contribution in [3.63, 3.8) is 0 Å². The van der Waals surface area contributed by atoms with Crippen LogP contribution in [0.25, 0.3) is 11.1 Å². The second kappa shape index (κ2) is 14.4. The number of nitriles is 1. The van der Waals surface area contributed by atoms with Crippen LogP contribution in [0.15, 0.2) is 97.6 Å². The molecule has 236 valence electrons. The van der Waals surface area contributed by atoms with E-state index in [2.05, 4.69) is 21.4 Å². The lowest BCUT2D eigenvalue weighted by molar-refractivity contribution is -0.139. The van der Waals surface area contributed by atoms with E-state index in [-0.39, 0.29) is 31.5 Å². The molecule has 0 amide bonds. The number of carboxylic acid groups (broad SMARTS) is 1. The first-order valence-corrected chi connectivity index (χ1v) is 15.4.